The van der Waals surface area contributed by atoms with E-state index in [0.29, 0.717) is 17.2 Å². The summed E-state index contributed by atoms with van der Waals surface area (Å²) < 4.78 is 12.7. The Balaban J connectivity index is 1.75. The van der Waals surface area contributed by atoms with Crippen LogP contribution in [0.5, 0.6) is 11.5 Å². The molecule has 0 aliphatic heterocycles. The molecule has 0 saturated carbocycles. The van der Waals surface area contributed by atoms with Gasteiger partial charge in [-0.2, -0.15) is 0 Å². The van der Waals surface area contributed by atoms with Gasteiger partial charge in [0.2, 0.25) is 0 Å². The van der Waals surface area contributed by atoms with Gasteiger partial charge in [0.1, 0.15) is 17.2 Å². The van der Waals surface area contributed by atoms with Gasteiger partial charge in [0.15, 0.2) is 0 Å². The number of aromatic amines is 1. The molecule has 6 heteroatoms. The molecule has 132 valence electrons. The average Bonchev–Trinajstić information content (AvgIpc) is 3.25. The van der Waals surface area contributed by atoms with Crippen LogP contribution < -0.4 is 14.8 Å². The standard InChI is InChI=1S/C20H19N3O3/c1-23-16(11-14-17(25-2)6-7-18(26-3)19(14)23)20(24)22-13-4-5-15-12(10-13)8-9-21-15/h4-11,21H,1-3H3,(H,22,24). The number of hydrogen-bond acceptors (Lipinski definition) is 3. The molecule has 2 aromatic carbocycles. The average molecular weight is 349 g/mol. The highest BCUT2D eigenvalue weighted by Gasteiger charge is 2.19. The van der Waals surface area contributed by atoms with Crippen molar-refractivity contribution in [1.82, 2.24) is 9.55 Å². The van der Waals surface area contributed by atoms with Crippen LogP contribution in [0.25, 0.3) is 21.8 Å². The molecule has 0 unspecified atom stereocenters. The van der Waals surface area contributed by atoms with Gasteiger partial charge < -0.3 is 24.3 Å². The van der Waals surface area contributed by atoms with Gasteiger partial charge in [-0.05, 0) is 42.5 Å². The third-order valence-electron chi connectivity index (χ3n) is 4.60. The van der Waals surface area contributed by atoms with E-state index < -0.39 is 0 Å². The number of aryl methyl sites for hydroxylation is 1. The number of rotatable bonds is 4. The summed E-state index contributed by atoms with van der Waals surface area (Å²) in [5, 5.41) is 4.84. The first-order valence-corrected chi connectivity index (χ1v) is 8.21. The maximum absolute atomic E-state index is 12.9. The number of ether oxygens (including phenoxy) is 2. The van der Waals surface area contributed by atoms with E-state index in [0.717, 1.165) is 27.5 Å². The van der Waals surface area contributed by atoms with Crippen molar-refractivity contribution in [3.8, 4) is 11.5 Å². The van der Waals surface area contributed by atoms with Crippen molar-refractivity contribution in [2.24, 2.45) is 7.05 Å². The molecule has 4 rings (SSSR count). The first kappa shape index (κ1) is 16.1. The van der Waals surface area contributed by atoms with Crippen LogP contribution in [0.4, 0.5) is 5.69 Å². The summed E-state index contributed by atoms with van der Waals surface area (Å²) in [6, 6.07) is 13.2. The Morgan fingerprint density at radius 1 is 1.04 bits per heavy atom. The minimum Gasteiger partial charge on any atom is -0.496 e. The van der Waals surface area contributed by atoms with E-state index >= 15 is 0 Å². The Hall–Kier alpha value is -3.41. The molecule has 4 aromatic rings. The lowest BCUT2D eigenvalue weighted by Gasteiger charge is -2.09. The number of methoxy groups -OCH3 is 2. The highest BCUT2D eigenvalue weighted by Crippen LogP contribution is 2.35. The molecule has 2 N–H and O–H groups in total. The van der Waals surface area contributed by atoms with Crippen LogP contribution in [0, 0.1) is 0 Å². The number of anilines is 1. The Morgan fingerprint density at radius 3 is 2.58 bits per heavy atom. The zero-order chi connectivity index (χ0) is 18.3. The zero-order valence-electron chi connectivity index (χ0n) is 14.8. The molecule has 0 fully saturated rings. The SMILES string of the molecule is COc1ccc(OC)c2c1cc(C(=O)Nc1ccc3[nH]ccc3c1)n2C. The highest BCUT2D eigenvalue weighted by molar-refractivity contribution is 6.08. The maximum atomic E-state index is 12.9. The van der Waals surface area contributed by atoms with E-state index in [9.17, 15) is 4.79 Å². The molecule has 0 atom stereocenters. The topological polar surface area (TPSA) is 68.3 Å². The van der Waals surface area contributed by atoms with Gasteiger partial charge in [-0.25, -0.2) is 0 Å². The van der Waals surface area contributed by atoms with Crippen LogP contribution >= 0.6 is 0 Å². The van der Waals surface area contributed by atoms with E-state index in [1.807, 2.05) is 60.3 Å². The smallest absolute Gasteiger partial charge is 0.272 e. The lowest BCUT2D eigenvalue weighted by Crippen LogP contribution is -2.15. The van der Waals surface area contributed by atoms with E-state index in [2.05, 4.69) is 10.3 Å². The number of nitrogens with one attached hydrogen (secondary N) is 2. The molecule has 0 aliphatic rings. The minimum absolute atomic E-state index is 0.192. The fraction of sp³-hybridized carbons (Fsp3) is 0.150. The number of aromatic nitrogens is 2. The molecule has 0 spiro atoms. The number of fused-ring (bicyclic) bond motifs is 2. The van der Waals surface area contributed by atoms with Gasteiger partial charge in [-0.15, -0.1) is 0 Å². The van der Waals surface area contributed by atoms with Crippen molar-refractivity contribution in [1.29, 1.82) is 0 Å². The third-order valence-corrected chi connectivity index (χ3v) is 4.60. The lowest BCUT2D eigenvalue weighted by molar-refractivity contribution is 0.102. The summed E-state index contributed by atoms with van der Waals surface area (Å²) >= 11 is 0. The fourth-order valence-electron chi connectivity index (χ4n) is 3.30. The summed E-state index contributed by atoms with van der Waals surface area (Å²) in [5.74, 6) is 1.20. The van der Waals surface area contributed by atoms with Gasteiger partial charge >= 0.3 is 0 Å². The monoisotopic (exact) mass is 349 g/mol. The number of H-pyrrole nitrogens is 1. The van der Waals surface area contributed by atoms with Gasteiger partial charge in [0.05, 0.1) is 19.7 Å². The third kappa shape index (κ3) is 2.47. The Morgan fingerprint density at radius 2 is 1.81 bits per heavy atom. The number of amides is 1. The first-order chi connectivity index (χ1) is 12.6. The van der Waals surface area contributed by atoms with Crippen LogP contribution in [-0.4, -0.2) is 29.7 Å². The second kappa shape index (κ2) is 6.15. The van der Waals surface area contributed by atoms with Crippen LogP contribution in [-0.2, 0) is 7.05 Å². The quantitative estimate of drug-likeness (QED) is 0.586. The predicted octanol–water partition coefficient (Wildman–Crippen LogP) is 3.93. The van der Waals surface area contributed by atoms with Crippen molar-refractivity contribution < 1.29 is 14.3 Å². The van der Waals surface area contributed by atoms with Gasteiger partial charge in [0.25, 0.3) is 5.91 Å². The second-order valence-corrected chi connectivity index (χ2v) is 6.05. The highest BCUT2D eigenvalue weighted by atomic mass is 16.5. The Bertz CT molecular complexity index is 1120. The number of hydrogen-bond donors (Lipinski definition) is 2. The molecule has 26 heavy (non-hydrogen) atoms. The molecule has 1 amide bonds. The second-order valence-electron chi connectivity index (χ2n) is 6.05. The normalized spacial score (nSPS) is 11.0. The summed E-state index contributed by atoms with van der Waals surface area (Å²) in [4.78, 5) is 16.0. The first-order valence-electron chi connectivity index (χ1n) is 8.21. The van der Waals surface area contributed by atoms with E-state index in [1.54, 1.807) is 14.2 Å². The molecule has 0 radical (unpaired) electrons. The molecule has 6 nitrogen and oxygen atoms in total. The van der Waals surface area contributed by atoms with Crippen LogP contribution in [0.3, 0.4) is 0 Å². The number of carbonyl (C=O) groups excluding carboxylic acids is 1. The fourth-order valence-corrected chi connectivity index (χ4v) is 3.30. The van der Waals surface area contributed by atoms with Crippen molar-refractivity contribution >= 4 is 33.4 Å². The van der Waals surface area contributed by atoms with Gasteiger partial charge in [-0.3, -0.25) is 4.79 Å². The maximum Gasteiger partial charge on any atom is 0.272 e. The molecule has 0 aliphatic carbocycles. The van der Waals surface area contributed by atoms with Crippen molar-refractivity contribution in [3.05, 3.63) is 54.4 Å². The molecule has 2 aromatic heterocycles. The van der Waals surface area contributed by atoms with Gasteiger partial charge in [0, 0.05) is 35.2 Å². The Kier molecular flexibility index (Phi) is 3.80. The van der Waals surface area contributed by atoms with Crippen LogP contribution in [0.1, 0.15) is 10.5 Å². The summed E-state index contributed by atoms with van der Waals surface area (Å²) in [6.45, 7) is 0. The van der Waals surface area contributed by atoms with Crippen molar-refractivity contribution in [3.63, 3.8) is 0 Å². The molecule has 0 saturated heterocycles. The van der Waals surface area contributed by atoms with Crippen molar-refractivity contribution in [2.45, 2.75) is 0 Å². The molecular weight excluding hydrogens is 330 g/mol. The number of carbonyl (C=O) groups is 1. The number of benzene rings is 2. The van der Waals surface area contributed by atoms with Crippen molar-refractivity contribution in [2.75, 3.05) is 19.5 Å². The summed E-state index contributed by atoms with van der Waals surface area (Å²) in [7, 11) is 5.06. The predicted molar refractivity (Wildman–Crippen MR) is 102 cm³/mol. The largest absolute Gasteiger partial charge is 0.496 e. The van der Waals surface area contributed by atoms with E-state index in [4.69, 9.17) is 9.47 Å². The van der Waals surface area contributed by atoms with E-state index in [-0.39, 0.29) is 5.91 Å². The van der Waals surface area contributed by atoms with Crippen LogP contribution in [0.15, 0.2) is 48.7 Å². The number of nitrogens with zero attached hydrogens (tertiary/aromatic N) is 1. The molecular formula is C20H19N3O3. The zero-order valence-corrected chi connectivity index (χ0v) is 14.8. The van der Waals surface area contributed by atoms with Gasteiger partial charge in [-0.1, -0.05) is 0 Å². The molecule has 0 bridgehead atoms. The minimum atomic E-state index is -0.192. The summed E-state index contributed by atoms with van der Waals surface area (Å²) in [5.41, 5.74) is 3.11. The van der Waals surface area contributed by atoms with Crippen LogP contribution in [0.2, 0.25) is 0 Å². The summed E-state index contributed by atoms with van der Waals surface area (Å²) in [6.07, 6.45) is 1.87. The lowest BCUT2D eigenvalue weighted by atomic mass is 10.2. The Labute approximate surface area is 150 Å². The van der Waals surface area contributed by atoms with E-state index in [1.165, 1.54) is 0 Å². The molecule has 2 heterocycles.